The molecule has 0 saturated heterocycles. The smallest absolute Gasteiger partial charge is 0.234 e. The third-order valence-electron chi connectivity index (χ3n) is 4.43. The quantitative estimate of drug-likeness (QED) is 0.870. The van der Waals surface area contributed by atoms with Gasteiger partial charge in [-0.05, 0) is 25.8 Å². The molecule has 0 radical (unpaired) electrons. The summed E-state index contributed by atoms with van der Waals surface area (Å²) in [6.07, 6.45) is 8.61. The average molecular weight is 275 g/mol. The maximum atomic E-state index is 6.05. The van der Waals surface area contributed by atoms with E-state index in [2.05, 4.69) is 10.1 Å². The molecule has 2 aromatic heterocycles. The number of nitrogens with zero attached hydrogens (tertiary/aromatic N) is 2. The summed E-state index contributed by atoms with van der Waals surface area (Å²) >= 11 is 0. The molecule has 5 nitrogen and oxygen atoms in total. The Balaban J connectivity index is 1.93. The molecule has 1 fully saturated rings. The summed E-state index contributed by atoms with van der Waals surface area (Å²) < 4.78 is 10.8. The molecule has 1 aliphatic carbocycles. The van der Waals surface area contributed by atoms with Crippen LogP contribution in [0.5, 0.6) is 0 Å². The molecule has 1 saturated carbocycles. The number of nitrogens with two attached hydrogens (primary N) is 1. The molecular weight excluding hydrogens is 254 g/mol. The fourth-order valence-electron chi connectivity index (χ4n) is 3.08. The maximum absolute atomic E-state index is 6.05. The minimum absolute atomic E-state index is 0.139. The van der Waals surface area contributed by atoms with Crippen LogP contribution in [0.1, 0.15) is 50.2 Å². The van der Waals surface area contributed by atoms with Gasteiger partial charge in [-0.15, -0.1) is 0 Å². The van der Waals surface area contributed by atoms with Gasteiger partial charge in [0.1, 0.15) is 5.76 Å². The van der Waals surface area contributed by atoms with E-state index < -0.39 is 0 Å². The highest BCUT2D eigenvalue weighted by Gasteiger charge is 2.37. The van der Waals surface area contributed by atoms with E-state index in [9.17, 15) is 0 Å². The van der Waals surface area contributed by atoms with Gasteiger partial charge in [0.2, 0.25) is 11.7 Å². The molecule has 0 aromatic carbocycles. The second-order valence-corrected chi connectivity index (χ2v) is 5.71. The molecule has 0 amide bonds. The molecule has 20 heavy (non-hydrogen) atoms. The molecule has 0 atom stereocenters. The standard InChI is InChI=1S/C15H21N3O2/c1-11-12(6-9-19-11)13-17-14(20-18-13)15(10-16)7-4-2-3-5-8-15/h6,9H,2-5,7-8,10,16H2,1H3. The van der Waals surface area contributed by atoms with Crippen molar-refractivity contribution in [2.24, 2.45) is 5.73 Å². The van der Waals surface area contributed by atoms with Crippen LogP contribution in [0.4, 0.5) is 0 Å². The van der Waals surface area contributed by atoms with Gasteiger partial charge in [0.05, 0.1) is 17.2 Å². The Hall–Kier alpha value is -1.62. The number of furan rings is 1. The third-order valence-corrected chi connectivity index (χ3v) is 4.43. The van der Waals surface area contributed by atoms with Gasteiger partial charge in [0.25, 0.3) is 0 Å². The van der Waals surface area contributed by atoms with Gasteiger partial charge in [-0.1, -0.05) is 30.8 Å². The molecule has 2 heterocycles. The van der Waals surface area contributed by atoms with Gasteiger partial charge in [0, 0.05) is 6.54 Å². The van der Waals surface area contributed by atoms with E-state index in [1.807, 2.05) is 13.0 Å². The third kappa shape index (κ3) is 2.26. The van der Waals surface area contributed by atoms with Crippen molar-refractivity contribution >= 4 is 0 Å². The first kappa shape index (κ1) is 13.4. The van der Waals surface area contributed by atoms with Crippen LogP contribution in [0.2, 0.25) is 0 Å². The lowest BCUT2D eigenvalue weighted by molar-refractivity contribution is 0.257. The maximum Gasteiger partial charge on any atom is 0.234 e. The van der Waals surface area contributed by atoms with Gasteiger partial charge in [-0.3, -0.25) is 0 Å². The Morgan fingerprint density at radius 1 is 1.25 bits per heavy atom. The topological polar surface area (TPSA) is 78.1 Å². The Morgan fingerprint density at radius 3 is 2.60 bits per heavy atom. The van der Waals surface area contributed by atoms with Crippen molar-refractivity contribution in [3.05, 3.63) is 24.0 Å². The first-order valence-corrected chi connectivity index (χ1v) is 7.34. The highest BCUT2D eigenvalue weighted by atomic mass is 16.5. The van der Waals surface area contributed by atoms with Crippen molar-refractivity contribution in [1.82, 2.24) is 10.1 Å². The van der Waals surface area contributed by atoms with Crippen LogP contribution in [0.3, 0.4) is 0 Å². The first-order chi connectivity index (χ1) is 9.75. The van der Waals surface area contributed by atoms with Crippen molar-refractivity contribution in [3.8, 4) is 11.4 Å². The van der Waals surface area contributed by atoms with Crippen molar-refractivity contribution < 1.29 is 8.94 Å². The number of rotatable bonds is 3. The van der Waals surface area contributed by atoms with Crippen LogP contribution >= 0.6 is 0 Å². The molecular formula is C15H21N3O2. The molecule has 3 rings (SSSR count). The van der Waals surface area contributed by atoms with E-state index in [1.165, 1.54) is 25.7 Å². The van der Waals surface area contributed by atoms with Crippen LogP contribution in [-0.4, -0.2) is 16.7 Å². The molecule has 5 heteroatoms. The summed E-state index contributed by atoms with van der Waals surface area (Å²) in [5.74, 6) is 2.10. The summed E-state index contributed by atoms with van der Waals surface area (Å²) in [4.78, 5) is 4.60. The Bertz CT molecular complexity index is 565. The SMILES string of the molecule is Cc1occc1-c1noc(C2(CN)CCCCCC2)n1. The molecule has 2 N–H and O–H groups in total. The summed E-state index contributed by atoms with van der Waals surface area (Å²) in [7, 11) is 0. The van der Waals surface area contributed by atoms with Gasteiger partial charge >= 0.3 is 0 Å². The van der Waals surface area contributed by atoms with Crippen LogP contribution in [0, 0.1) is 6.92 Å². The number of aryl methyl sites for hydroxylation is 1. The molecule has 1 aliphatic rings. The minimum atomic E-state index is -0.139. The molecule has 2 aromatic rings. The molecule has 0 unspecified atom stereocenters. The molecule has 0 bridgehead atoms. The second kappa shape index (κ2) is 5.40. The predicted molar refractivity (Wildman–Crippen MR) is 75.2 cm³/mol. The summed E-state index contributed by atoms with van der Waals surface area (Å²) in [5.41, 5.74) is 6.80. The largest absolute Gasteiger partial charge is 0.469 e. The first-order valence-electron chi connectivity index (χ1n) is 7.34. The van der Waals surface area contributed by atoms with Crippen LogP contribution in [0.15, 0.2) is 21.3 Å². The lowest BCUT2D eigenvalue weighted by Crippen LogP contribution is -2.35. The minimum Gasteiger partial charge on any atom is -0.469 e. The summed E-state index contributed by atoms with van der Waals surface area (Å²) in [6.45, 7) is 2.47. The van der Waals surface area contributed by atoms with Gasteiger partial charge in [-0.2, -0.15) is 4.98 Å². The van der Waals surface area contributed by atoms with Crippen molar-refractivity contribution in [3.63, 3.8) is 0 Å². The predicted octanol–water partition coefficient (Wildman–Crippen LogP) is 3.19. The van der Waals surface area contributed by atoms with E-state index in [-0.39, 0.29) is 5.41 Å². The van der Waals surface area contributed by atoms with Crippen molar-refractivity contribution in [2.75, 3.05) is 6.54 Å². The number of hydrogen-bond acceptors (Lipinski definition) is 5. The van der Waals surface area contributed by atoms with Crippen molar-refractivity contribution in [1.29, 1.82) is 0 Å². The number of hydrogen-bond donors (Lipinski definition) is 1. The highest BCUT2D eigenvalue weighted by Crippen LogP contribution is 2.37. The lowest BCUT2D eigenvalue weighted by atomic mass is 9.80. The van der Waals surface area contributed by atoms with E-state index >= 15 is 0 Å². The Morgan fingerprint density at radius 2 is 2.00 bits per heavy atom. The van der Waals surface area contributed by atoms with E-state index in [0.717, 1.165) is 24.2 Å². The van der Waals surface area contributed by atoms with Crippen LogP contribution in [-0.2, 0) is 5.41 Å². The Labute approximate surface area is 118 Å². The van der Waals surface area contributed by atoms with E-state index in [4.69, 9.17) is 14.7 Å². The van der Waals surface area contributed by atoms with E-state index in [0.29, 0.717) is 18.3 Å². The highest BCUT2D eigenvalue weighted by molar-refractivity contribution is 5.56. The van der Waals surface area contributed by atoms with Crippen LogP contribution < -0.4 is 5.73 Å². The van der Waals surface area contributed by atoms with Crippen LogP contribution in [0.25, 0.3) is 11.4 Å². The Kier molecular flexibility index (Phi) is 3.61. The van der Waals surface area contributed by atoms with E-state index in [1.54, 1.807) is 6.26 Å². The van der Waals surface area contributed by atoms with Gasteiger partial charge in [0.15, 0.2) is 0 Å². The monoisotopic (exact) mass is 275 g/mol. The normalized spacial score (nSPS) is 18.9. The average Bonchev–Trinajstić information content (AvgIpc) is 3.03. The zero-order valence-corrected chi connectivity index (χ0v) is 11.9. The zero-order chi connectivity index (χ0) is 14.0. The summed E-state index contributed by atoms with van der Waals surface area (Å²) in [6, 6.07) is 1.87. The fraction of sp³-hybridized carbons (Fsp3) is 0.600. The fourth-order valence-corrected chi connectivity index (χ4v) is 3.08. The zero-order valence-electron chi connectivity index (χ0n) is 11.9. The number of aromatic nitrogens is 2. The van der Waals surface area contributed by atoms with Crippen molar-refractivity contribution in [2.45, 2.75) is 50.9 Å². The lowest BCUT2D eigenvalue weighted by Gasteiger charge is -2.26. The van der Waals surface area contributed by atoms with Gasteiger partial charge in [-0.25, -0.2) is 0 Å². The second-order valence-electron chi connectivity index (χ2n) is 5.71. The molecule has 0 aliphatic heterocycles. The molecule has 108 valence electrons. The molecule has 0 spiro atoms. The summed E-state index contributed by atoms with van der Waals surface area (Å²) in [5, 5.41) is 4.12. The van der Waals surface area contributed by atoms with Gasteiger partial charge < -0.3 is 14.7 Å².